The van der Waals surface area contributed by atoms with Crippen LogP contribution in [-0.4, -0.2) is 82.7 Å². The fourth-order valence-corrected chi connectivity index (χ4v) is 7.40. The van der Waals surface area contributed by atoms with Gasteiger partial charge in [-0.2, -0.15) is 26.9 Å². The molecule has 1 aromatic carbocycles. The first-order valence-electron chi connectivity index (χ1n) is 14.8. The molecule has 0 radical (unpaired) electrons. The third kappa shape index (κ3) is 4.60. The van der Waals surface area contributed by atoms with E-state index >= 15 is 4.39 Å². The molecule has 0 aliphatic carbocycles. The highest BCUT2D eigenvalue weighted by molar-refractivity contribution is 5.98. The third-order valence-corrected chi connectivity index (χ3v) is 9.69. The number of piperazine rings is 1. The van der Waals surface area contributed by atoms with Gasteiger partial charge >= 0.3 is 12.8 Å². The van der Waals surface area contributed by atoms with Gasteiger partial charge in [0.25, 0.3) is 0 Å². The van der Waals surface area contributed by atoms with Gasteiger partial charge in [0, 0.05) is 30.7 Å². The SMILES string of the molecule is Cc1c(F)c(N)cc(-c2nc3c4c(nc(N5CCC5(CO)COC(F)F)nc4c2F)N2C[C@H]4CC[C@H](N4)[C@H]2[C@H](C)O3)c1C(F)(F)F. The van der Waals surface area contributed by atoms with Gasteiger partial charge in [-0.25, -0.2) is 18.7 Å². The molecule has 4 aliphatic rings. The molecule has 7 rings (SSSR count). The minimum Gasteiger partial charge on any atom is -0.472 e. The summed E-state index contributed by atoms with van der Waals surface area (Å²) in [6.07, 6.45) is -3.83. The Labute approximate surface area is 257 Å². The number of nitrogen functional groups attached to an aromatic ring is 1. The second kappa shape index (κ2) is 10.7. The van der Waals surface area contributed by atoms with Crippen LogP contribution in [0.25, 0.3) is 22.2 Å². The largest absolute Gasteiger partial charge is 0.472 e. The quantitative estimate of drug-likeness (QED) is 0.263. The minimum atomic E-state index is -5.12. The molecule has 248 valence electrons. The van der Waals surface area contributed by atoms with E-state index in [-0.39, 0.29) is 54.1 Å². The summed E-state index contributed by atoms with van der Waals surface area (Å²) in [5.74, 6) is -2.73. The van der Waals surface area contributed by atoms with Crippen LogP contribution >= 0.6 is 0 Å². The maximum absolute atomic E-state index is 16.8. The number of aliphatic hydroxyl groups excluding tert-OH is 1. The molecule has 46 heavy (non-hydrogen) atoms. The Kier molecular flexibility index (Phi) is 7.17. The predicted molar refractivity (Wildman–Crippen MR) is 152 cm³/mol. The Bertz CT molecular complexity index is 1720. The number of aliphatic hydroxyl groups is 1. The van der Waals surface area contributed by atoms with E-state index in [9.17, 15) is 31.4 Å². The Hall–Kier alpha value is -3.70. The van der Waals surface area contributed by atoms with E-state index in [1.807, 2.05) is 4.90 Å². The van der Waals surface area contributed by atoms with Crippen molar-refractivity contribution in [1.82, 2.24) is 20.3 Å². The van der Waals surface area contributed by atoms with Gasteiger partial charge in [-0.1, -0.05) is 0 Å². The number of alkyl halides is 5. The molecule has 4 N–H and O–H groups in total. The number of fused-ring (bicyclic) bond motifs is 5. The summed E-state index contributed by atoms with van der Waals surface area (Å²) < 4.78 is 111. The lowest BCUT2D eigenvalue weighted by molar-refractivity contribution is -0.150. The molecule has 2 aromatic heterocycles. The van der Waals surface area contributed by atoms with Crippen LogP contribution in [0.5, 0.6) is 5.88 Å². The van der Waals surface area contributed by atoms with Crippen molar-refractivity contribution in [3.05, 3.63) is 28.8 Å². The number of hydrogen-bond donors (Lipinski definition) is 3. The molecule has 10 nitrogen and oxygen atoms in total. The second-order valence-corrected chi connectivity index (χ2v) is 12.3. The molecular formula is C29H30F7N7O3. The highest BCUT2D eigenvalue weighted by atomic mass is 19.4. The summed E-state index contributed by atoms with van der Waals surface area (Å²) in [4.78, 5) is 16.8. The Balaban J connectivity index is 1.50. The Morgan fingerprint density at radius 3 is 2.61 bits per heavy atom. The van der Waals surface area contributed by atoms with Crippen LogP contribution in [0.2, 0.25) is 0 Å². The fraction of sp³-hybridized carbons (Fsp3) is 0.552. The van der Waals surface area contributed by atoms with E-state index in [1.165, 1.54) is 4.90 Å². The van der Waals surface area contributed by atoms with Crippen molar-refractivity contribution in [2.75, 3.05) is 41.8 Å². The number of hydrogen-bond acceptors (Lipinski definition) is 10. The molecule has 3 saturated heterocycles. The molecule has 5 atom stereocenters. The van der Waals surface area contributed by atoms with Crippen LogP contribution in [0.4, 0.5) is 48.2 Å². The van der Waals surface area contributed by atoms with Crippen molar-refractivity contribution in [1.29, 1.82) is 0 Å². The number of halogens is 7. The lowest BCUT2D eigenvalue weighted by Gasteiger charge is -2.51. The minimum absolute atomic E-state index is 0.0139. The van der Waals surface area contributed by atoms with Crippen LogP contribution in [0.15, 0.2) is 6.07 Å². The van der Waals surface area contributed by atoms with Crippen LogP contribution in [0.1, 0.15) is 37.3 Å². The zero-order chi connectivity index (χ0) is 32.9. The monoisotopic (exact) mass is 657 g/mol. The van der Waals surface area contributed by atoms with Crippen molar-refractivity contribution < 1.29 is 45.3 Å². The summed E-state index contributed by atoms with van der Waals surface area (Å²) in [5, 5.41) is 13.8. The summed E-state index contributed by atoms with van der Waals surface area (Å²) in [7, 11) is 0. The van der Waals surface area contributed by atoms with Crippen LogP contribution in [0, 0.1) is 18.6 Å². The van der Waals surface area contributed by atoms with E-state index < -0.39 is 82.9 Å². The average Bonchev–Trinajstić information content (AvgIpc) is 3.30. The van der Waals surface area contributed by atoms with E-state index in [2.05, 4.69) is 20.0 Å². The maximum atomic E-state index is 16.8. The number of benzene rings is 1. The lowest BCUT2D eigenvalue weighted by Crippen LogP contribution is -2.66. The van der Waals surface area contributed by atoms with Crippen molar-refractivity contribution in [2.24, 2.45) is 0 Å². The molecule has 4 aliphatic heterocycles. The zero-order valence-corrected chi connectivity index (χ0v) is 24.6. The van der Waals surface area contributed by atoms with Gasteiger partial charge in [-0.3, -0.25) is 0 Å². The summed E-state index contributed by atoms with van der Waals surface area (Å²) >= 11 is 0. The molecule has 2 bridgehead atoms. The molecule has 17 heteroatoms. The van der Waals surface area contributed by atoms with Crippen LogP contribution in [-0.2, 0) is 10.9 Å². The maximum Gasteiger partial charge on any atom is 0.417 e. The molecule has 3 fully saturated rings. The zero-order valence-electron chi connectivity index (χ0n) is 24.6. The summed E-state index contributed by atoms with van der Waals surface area (Å²) in [6.45, 7) is -1.03. The molecule has 1 unspecified atom stereocenters. The standard InChI is InChI=1S/C29H30F7N7O3/c1-11-18(29(34,35)36)14(7-15(37)19(11)30)21-20(31)22-17-24(41-27(40-22)43-6-5-28(43,9-44)10-45-26(32)33)42-8-13-3-4-16(38-13)23(42)12(2)46-25(17)39-21/h7,12-13,16,23,26,38,44H,3-6,8-10,37H2,1-2H3/t12-,13+,16-,23+,28?/m0/s1. The van der Waals surface area contributed by atoms with E-state index in [0.717, 1.165) is 19.8 Å². The number of nitrogens with one attached hydrogen (secondary N) is 1. The smallest absolute Gasteiger partial charge is 0.417 e. The number of ether oxygens (including phenoxy) is 2. The Morgan fingerprint density at radius 1 is 1.20 bits per heavy atom. The average molecular weight is 658 g/mol. The molecule has 3 aromatic rings. The fourth-order valence-electron chi connectivity index (χ4n) is 7.40. The van der Waals surface area contributed by atoms with Crippen molar-refractivity contribution in [2.45, 2.75) is 75.7 Å². The van der Waals surface area contributed by atoms with Gasteiger partial charge in [-0.15, -0.1) is 0 Å². The first-order valence-corrected chi connectivity index (χ1v) is 14.8. The van der Waals surface area contributed by atoms with Gasteiger partial charge < -0.3 is 35.4 Å². The van der Waals surface area contributed by atoms with Gasteiger partial charge in [0.1, 0.15) is 34.3 Å². The molecular weight excluding hydrogens is 627 g/mol. The van der Waals surface area contributed by atoms with Crippen LogP contribution in [0.3, 0.4) is 0 Å². The van der Waals surface area contributed by atoms with E-state index in [0.29, 0.717) is 12.6 Å². The lowest BCUT2D eigenvalue weighted by atomic mass is 9.86. The van der Waals surface area contributed by atoms with E-state index in [4.69, 9.17) is 15.5 Å². The van der Waals surface area contributed by atoms with E-state index in [1.54, 1.807) is 6.92 Å². The van der Waals surface area contributed by atoms with Crippen LogP contribution < -0.4 is 25.6 Å². The van der Waals surface area contributed by atoms with Gasteiger partial charge in [0.2, 0.25) is 11.8 Å². The second-order valence-electron chi connectivity index (χ2n) is 12.3. The Morgan fingerprint density at radius 2 is 1.96 bits per heavy atom. The number of pyridine rings is 1. The number of nitrogens with zero attached hydrogens (tertiary/aromatic N) is 5. The normalized spacial score (nSPS) is 27.1. The molecule has 6 heterocycles. The molecule has 0 saturated carbocycles. The number of nitrogens with two attached hydrogens (primary N) is 1. The van der Waals surface area contributed by atoms with Crippen molar-refractivity contribution in [3.63, 3.8) is 0 Å². The van der Waals surface area contributed by atoms with Crippen molar-refractivity contribution >= 4 is 28.4 Å². The summed E-state index contributed by atoms with van der Waals surface area (Å²) in [5.41, 5.74) is -0.626. The number of aromatic nitrogens is 3. The third-order valence-electron chi connectivity index (χ3n) is 9.69. The molecule has 0 spiro atoms. The van der Waals surface area contributed by atoms with Gasteiger partial charge in [0.15, 0.2) is 5.82 Å². The van der Waals surface area contributed by atoms with Gasteiger partial charge in [-0.05, 0) is 44.7 Å². The number of rotatable bonds is 6. The summed E-state index contributed by atoms with van der Waals surface area (Å²) in [6, 6.07) is 0.344. The van der Waals surface area contributed by atoms with Gasteiger partial charge in [0.05, 0.1) is 36.0 Å². The number of anilines is 3. The highest BCUT2D eigenvalue weighted by Gasteiger charge is 2.50. The predicted octanol–water partition coefficient (Wildman–Crippen LogP) is 4.15. The first-order chi connectivity index (χ1) is 21.7. The van der Waals surface area contributed by atoms with Crippen molar-refractivity contribution in [3.8, 4) is 17.1 Å². The topological polar surface area (TPSA) is 122 Å². The highest BCUT2D eigenvalue weighted by Crippen LogP contribution is 2.48. The first kappa shape index (κ1) is 30.9. The molecule has 0 amide bonds.